The van der Waals surface area contributed by atoms with E-state index in [1.54, 1.807) is 4.31 Å². The fourth-order valence-electron chi connectivity index (χ4n) is 2.18. The lowest BCUT2D eigenvalue weighted by Crippen LogP contribution is -2.42. The van der Waals surface area contributed by atoms with Gasteiger partial charge in [0.15, 0.2) is 0 Å². The third-order valence-electron chi connectivity index (χ3n) is 3.10. The molecular formula is C10H24ClN3O2S. The Balaban J connectivity index is 0.00000256. The van der Waals surface area contributed by atoms with E-state index < -0.39 is 10.2 Å². The Bertz CT molecular complexity index is 307. The zero-order valence-corrected chi connectivity index (χ0v) is 12.5. The van der Waals surface area contributed by atoms with Crippen molar-refractivity contribution in [3.05, 3.63) is 0 Å². The summed E-state index contributed by atoms with van der Waals surface area (Å²) >= 11 is 0. The highest BCUT2D eigenvalue weighted by Crippen LogP contribution is 2.20. The van der Waals surface area contributed by atoms with E-state index in [4.69, 9.17) is 0 Å². The quantitative estimate of drug-likeness (QED) is 0.775. The molecule has 0 aliphatic carbocycles. The molecule has 17 heavy (non-hydrogen) atoms. The van der Waals surface area contributed by atoms with Gasteiger partial charge in [-0.1, -0.05) is 13.8 Å². The summed E-state index contributed by atoms with van der Waals surface area (Å²) < 4.78 is 27.5. The van der Waals surface area contributed by atoms with Gasteiger partial charge in [-0.2, -0.15) is 17.0 Å². The maximum absolute atomic E-state index is 12.2. The molecule has 0 radical (unpaired) electrons. The SMILES string of the molecule is CCN(CC)S(=O)(=O)N1CCC(CNC)C1.Cl. The zero-order chi connectivity index (χ0) is 12.2. The molecule has 1 saturated heterocycles. The van der Waals surface area contributed by atoms with E-state index in [1.165, 1.54) is 4.31 Å². The van der Waals surface area contributed by atoms with E-state index in [9.17, 15) is 8.42 Å². The lowest BCUT2D eigenvalue weighted by atomic mass is 10.1. The van der Waals surface area contributed by atoms with Gasteiger partial charge in [-0.05, 0) is 25.9 Å². The minimum atomic E-state index is -3.21. The first kappa shape index (κ1) is 17.1. The maximum Gasteiger partial charge on any atom is 0.281 e. The Labute approximate surface area is 111 Å². The first-order valence-electron chi connectivity index (χ1n) is 5.96. The number of halogens is 1. The van der Waals surface area contributed by atoms with Crippen LogP contribution in [0, 0.1) is 5.92 Å². The number of rotatable bonds is 6. The second-order valence-corrected chi connectivity index (χ2v) is 6.09. The molecule has 1 unspecified atom stereocenters. The van der Waals surface area contributed by atoms with Crippen molar-refractivity contribution >= 4 is 22.6 Å². The molecule has 0 amide bonds. The molecule has 1 fully saturated rings. The Morgan fingerprint density at radius 2 is 1.94 bits per heavy atom. The van der Waals surface area contributed by atoms with Gasteiger partial charge in [0.25, 0.3) is 10.2 Å². The average molecular weight is 286 g/mol. The van der Waals surface area contributed by atoms with Crippen LogP contribution in [0.4, 0.5) is 0 Å². The van der Waals surface area contributed by atoms with Gasteiger partial charge >= 0.3 is 0 Å². The molecule has 0 bridgehead atoms. The summed E-state index contributed by atoms with van der Waals surface area (Å²) in [4.78, 5) is 0. The number of nitrogens with one attached hydrogen (secondary N) is 1. The van der Waals surface area contributed by atoms with E-state index in [2.05, 4.69) is 5.32 Å². The van der Waals surface area contributed by atoms with Crippen LogP contribution >= 0.6 is 12.4 Å². The minimum absolute atomic E-state index is 0. The van der Waals surface area contributed by atoms with Crippen molar-refractivity contribution in [2.45, 2.75) is 20.3 Å². The van der Waals surface area contributed by atoms with Crippen molar-refractivity contribution in [2.24, 2.45) is 5.92 Å². The molecule has 0 aromatic rings. The summed E-state index contributed by atoms with van der Waals surface area (Å²) in [6.45, 7) is 7.05. The van der Waals surface area contributed by atoms with Crippen LogP contribution < -0.4 is 5.32 Å². The highest BCUT2D eigenvalue weighted by molar-refractivity contribution is 7.86. The average Bonchev–Trinajstić information content (AvgIpc) is 2.69. The molecule has 1 aliphatic rings. The second kappa shape index (κ2) is 7.53. The van der Waals surface area contributed by atoms with Crippen molar-refractivity contribution in [3.8, 4) is 0 Å². The molecule has 1 atom stereocenters. The lowest BCUT2D eigenvalue weighted by Gasteiger charge is -2.25. The van der Waals surface area contributed by atoms with E-state index in [0.717, 1.165) is 13.0 Å². The van der Waals surface area contributed by atoms with Crippen molar-refractivity contribution < 1.29 is 8.42 Å². The van der Waals surface area contributed by atoms with Crippen LogP contribution in [0.25, 0.3) is 0 Å². The summed E-state index contributed by atoms with van der Waals surface area (Å²) in [5.74, 6) is 0.454. The monoisotopic (exact) mass is 285 g/mol. The van der Waals surface area contributed by atoms with Crippen LogP contribution in [-0.4, -0.2) is 56.8 Å². The highest BCUT2D eigenvalue weighted by Gasteiger charge is 2.33. The molecule has 1 aliphatic heterocycles. The van der Waals surface area contributed by atoms with E-state index in [-0.39, 0.29) is 12.4 Å². The molecule has 1 rings (SSSR count). The van der Waals surface area contributed by atoms with Gasteiger partial charge in [-0.25, -0.2) is 0 Å². The van der Waals surface area contributed by atoms with Crippen LogP contribution in [-0.2, 0) is 10.2 Å². The van der Waals surface area contributed by atoms with Crippen LogP contribution in [0.5, 0.6) is 0 Å². The maximum atomic E-state index is 12.2. The molecular weight excluding hydrogens is 262 g/mol. The minimum Gasteiger partial charge on any atom is -0.319 e. The Morgan fingerprint density at radius 1 is 1.35 bits per heavy atom. The number of nitrogens with zero attached hydrogens (tertiary/aromatic N) is 2. The fraction of sp³-hybridized carbons (Fsp3) is 1.00. The Hall–Kier alpha value is 0.120. The van der Waals surface area contributed by atoms with Crippen LogP contribution in [0.3, 0.4) is 0 Å². The van der Waals surface area contributed by atoms with E-state index >= 15 is 0 Å². The molecule has 0 aromatic heterocycles. The van der Waals surface area contributed by atoms with Gasteiger partial charge < -0.3 is 5.32 Å². The van der Waals surface area contributed by atoms with Gasteiger partial charge in [0.05, 0.1) is 0 Å². The third-order valence-corrected chi connectivity index (χ3v) is 5.25. The van der Waals surface area contributed by atoms with Crippen LogP contribution in [0.15, 0.2) is 0 Å². The van der Waals surface area contributed by atoms with E-state index in [1.807, 2.05) is 20.9 Å². The van der Waals surface area contributed by atoms with Gasteiger partial charge in [0.1, 0.15) is 0 Å². The third kappa shape index (κ3) is 4.06. The predicted octanol–water partition coefficient (Wildman–Crippen LogP) is 0.536. The predicted molar refractivity (Wildman–Crippen MR) is 72.7 cm³/mol. The Morgan fingerprint density at radius 3 is 2.41 bits per heavy atom. The second-order valence-electron chi connectivity index (χ2n) is 4.16. The largest absolute Gasteiger partial charge is 0.319 e. The highest BCUT2D eigenvalue weighted by atomic mass is 35.5. The molecule has 0 spiro atoms. The van der Waals surface area contributed by atoms with Gasteiger partial charge in [0, 0.05) is 26.2 Å². The summed E-state index contributed by atoms with van der Waals surface area (Å²) in [6, 6.07) is 0. The fourth-order valence-corrected chi connectivity index (χ4v) is 3.89. The van der Waals surface area contributed by atoms with Crippen molar-refractivity contribution in [1.29, 1.82) is 0 Å². The normalized spacial score (nSPS) is 21.8. The van der Waals surface area contributed by atoms with Crippen molar-refractivity contribution in [2.75, 3.05) is 39.8 Å². The number of hydrogen-bond donors (Lipinski definition) is 1. The summed E-state index contributed by atoms with van der Waals surface area (Å²) in [6.07, 6.45) is 0.960. The molecule has 1 N–H and O–H groups in total. The lowest BCUT2D eigenvalue weighted by molar-refractivity contribution is 0.372. The number of hydrogen-bond acceptors (Lipinski definition) is 3. The summed E-state index contributed by atoms with van der Waals surface area (Å²) in [5.41, 5.74) is 0. The smallest absolute Gasteiger partial charge is 0.281 e. The van der Waals surface area contributed by atoms with Crippen molar-refractivity contribution in [3.63, 3.8) is 0 Å². The van der Waals surface area contributed by atoms with Gasteiger partial charge in [-0.15, -0.1) is 12.4 Å². The molecule has 0 aromatic carbocycles. The molecule has 104 valence electrons. The molecule has 7 heteroatoms. The first-order chi connectivity index (χ1) is 7.56. The topological polar surface area (TPSA) is 52.7 Å². The zero-order valence-electron chi connectivity index (χ0n) is 10.8. The molecule has 1 heterocycles. The van der Waals surface area contributed by atoms with Crippen LogP contribution in [0.2, 0.25) is 0 Å². The van der Waals surface area contributed by atoms with Gasteiger partial charge in [-0.3, -0.25) is 0 Å². The molecule has 0 saturated carbocycles. The van der Waals surface area contributed by atoms with Crippen LogP contribution in [0.1, 0.15) is 20.3 Å². The standard InChI is InChI=1S/C10H23N3O2S.ClH/c1-4-12(5-2)16(14,15)13-7-6-10(9-13)8-11-3;/h10-11H,4-9H2,1-3H3;1H. The summed E-state index contributed by atoms with van der Waals surface area (Å²) in [7, 11) is -1.31. The van der Waals surface area contributed by atoms with E-state index in [0.29, 0.717) is 32.1 Å². The van der Waals surface area contributed by atoms with Crippen molar-refractivity contribution in [1.82, 2.24) is 13.9 Å². The first-order valence-corrected chi connectivity index (χ1v) is 7.35. The van der Waals surface area contributed by atoms with Gasteiger partial charge in [0.2, 0.25) is 0 Å². The molecule has 5 nitrogen and oxygen atoms in total. The Kier molecular flexibility index (Phi) is 7.58. The summed E-state index contributed by atoms with van der Waals surface area (Å²) in [5, 5.41) is 3.10.